The summed E-state index contributed by atoms with van der Waals surface area (Å²) in [5.74, 6) is -1.02. The van der Waals surface area contributed by atoms with Crippen molar-refractivity contribution in [2.75, 3.05) is 0 Å². The molecule has 6 radical (unpaired) electrons. The first kappa shape index (κ1) is 8.66. The van der Waals surface area contributed by atoms with Gasteiger partial charge in [-0.15, -0.1) is 0 Å². The average molecular weight is 118 g/mol. The van der Waals surface area contributed by atoms with Crippen molar-refractivity contribution in [3.05, 3.63) is 0 Å². The highest BCUT2D eigenvalue weighted by molar-refractivity contribution is 6.15. The van der Waals surface area contributed by atoms with Crippen LogP contribution in [0.2, 0.25) is 12.6 Å². The van der Waals surface area contributed by atoms with Gasteiger partial charge in [0.25, 0.3) is 5.97 Å². The summed E-state index contributed by atoms with van der Waals surface area (Å²) < 4.78 is 3.90. The molecule has 2 nitrogen and oxygen atoms in total. The maximum Gasteiger partial charge on any atom is 0.378 e. The summed E-state index contributed by atoms with van der Waals surface area (Å²) in [5, 5.41) is 0. The maximum absolute atomic E-state index is 10.5. The van der Waals surface area contributed by atoms with Gasteiger partial charge < -0.3 is 4.65 Å². The van der Waals surface area contributed by atoms with E-state index in [1.165, 1.54) is 0 Å². The van der Waals surface area contributed by atoms with Crippen molar-refractivity contribution in [2.45, 2.75) is 12.6 Å². The van der Waals surface area contributed by atoms with E-state index in [0.29, 0.717) is 0 Å². The SMILES string of the molecule is [B]CC(C[B])C(=O)O[B]. The first-order valence-electron chi connectivity index (χ1n) is 2.57. The van der Waals surface area contributed by atoms with Gasteiger partial charge in [0, 0.05) is 5.92 Å². The van der Waals surface area contributed by atoms with Crippen LogP contribution in [0.25, 0.3) is 0 Å². The van der Waals surface area contributed by atoms with E-state index in [0.717, 1.165) is 0 Å². The Bertz CT molecular complexity index is 91.8. The molecular formula is C4H5B3O2. The summed E-state index contributed by atoms with van der Waals surface area (Å²) in [6.07, 6.45) is 0.346. The Kier molecular flexibility index (Phi) is 4.37. The fourth-order valence-electron chi connectivity index (χ4n) is 0.385. The van der Waals surface area contributed by atoms with Crippen molar-refractivity contribution in [3.63, 3.8) is 0 Å². The van der Waals surface area contributed by atoms with Crippen LogP contribution < -0.4 is 0 Å². The van der Waals surface area contributed by atoms with Crippen LogP contribution in [0.1, 0.15) is 0 Å². The van der Waals surface area contributed by atoms with Crippen molar-refractivity contribution in [1.29, 1.82) is 0 Å². The lowest BCUT2D eigenvalue weighted by Gasteiger charge is -2.08. The minimum atomic E-state index is -0.556. The van der Waals surface area contributed by atoms with Crippen LogP contribution in [-0.4, -0.2) is 29.7 Å². The van der Waals surface area contributed by atoms with Crippen LogP contribution in [0.4, 0.5) is 0 Å². The quantitative estimate of drug-likeness (QED) is 0.462. The zero-order chi connectivity index (χ0) is 7.28. The lowest BCUT2D eigenvalue weighted by Crippen LogP contribution is -2.15. The van der Waals surface area contributed by atoms with Gasteiger partial charge in [0.05, 0.1) is 15.7 Å². The molecule has 42 valence electrons. The molecule has 0 aliphatic rings. The first-order chi connectivity index (χ1) is 4.26. The molecule has 0 atom stereocenters. The molecule has 0 amide bonds. The van der Waals surface area contributed by atoms with E-state index in [1.54, 1.807) is 0 Å². The molecule has 0 saturated carbocycles. The molecule has 5 heteroatoms. The summed E-state index contributed by atoms with van der Waals surface area (Å²) in [6.45, 7) is 0. The molecule has 0 aliphatic heterocycles. The summed E-state index contributed by atoms with van der Waals surface area (Å²) in [7, 11) is 14.8. The maximum atomic E-state index is 10.5. The predicted molar refractivity (Wildman–Crippen MR) is 36.5 cm³/mol. The zero-order valence-corrected chi connectivity index (χ0v) is 5.04. The number of carbonyl (C=O) groups excluding carboxylic acids is 1. The van der Waals surface area contributed by atoms with Crippen molar-refractivity contribution < 1.29 is 9.45 Å². The minimum absolute atomic E-state index is 0.173. The van der Waals surface area contributed by atoms with Crippen molar-refractivity contribution in [1.82, 2.24) is 0 Å². The second-order valence-electron chi connectivity index (χ2n) is 1.61. The van der Waals surface area contributed by atoms with Gasteiger partial charge in [0.2, 0.25) is 0 Å². The number of carbonyl (C=O) groups is 1. The van der Waals surface area contributed by atoms with Crippen LogP contribution in [0.15, 0.2) is 0 Å². The molecule has 0 aromatic carbocycles. The third-order valence-electron chi connectivity index (χ3n) is 1.02. The van der Waals surface area contributed by atoms with Gasteiger partial charge in [-0.3, -0.25) is 4.79 Å². The Morgan fingerprint density at radius 3 is 2.00 bits per heavy atom. The van der Waals surface area contributed by atoms with Crippen LogP contribution >= 0.6 is 0 Å². The average Bonchev–Trinajstić information content (AvgIpc) is 1.90. The standard InChI is InChI=1S/C4H5B3O2/c5-1-3(2-6)4(8)9-7/h3H,1-2H2. The topological polar surface area (TPSA) is 26.3 Å². The Morgan fingerprint density at radius 2 is 1.89 bits per heavy atom. The van der Waals surface area contributed by atoms with Gasteiger partial charge >= 0.3 is 8.05 Å². The molecule has 0 aromatic rings. The molecule has 0 aliphatic carbocycles. The summed E-state index contributed by atoms with van der Waals surface area (Å²) in [6, 6.07) is 0. The molecule has 0 N–H and O–H groups in total. The van der Waals surface area contributed by atoms with Gasteiger partial charge in [0.1, 0.15) is 0 Å². The smallest absolute Gasteiger partial charge is 0.378 e. The van der Waals surface area contributed by atoms with Crippen LogP contribution in [0.5, 0.6) is 0 Å². The highest BCUT2D eigenvalue weighted by atomic mass is 16.5. The monoisotopic (exact) mass is 118 g/mol. The number of hydrogen-bond acceptors (Lipinski definition) is 2. The number of rotatable bonds is 3. The molecule has 9 heavy (non-hydrogen) atoms. The van der Waals surface area contributed by atoms with E-state index in [-0.39, 0.29) is 12.6 Å². The van der Waals surface area contributed by atoms with Crippen LogP contribution in [0, 0.1) is 5.92 Å². The van der Waals surface area contributed by atoms with E-state index < -0.39 is 11.9 Å². The molecule has 0 aromatic heterocycles. The lowest BCUT2D eigenvalue weighted by atomic mass is 9.82. The van der Waals surface area contributed by atoms with Crippen LogP contribution in [-0.2, 0) is 9.45 Å². The van der Waals surface area contributed by atoms with Crippen LogP contribution in [0.3, 0.4) is 0 Å². The molecule has 0 heterocycles. The molecule has 0 unspecified atom stereocenters. The third-order valence-corrected chi connectivity index (χ3v) is 1.02. The van der Waals surface area contributed by atoms with Gasteiger partial charge in [0.15, 0.2) is 0 Å². The van der Waals surface area contributed by atoms with Crippen molar-refractivity contribution in [3.8, 4) is 0 Å². The predicted octanol–water partition coefficient (Wildman–Crippen LogP) is -0.597. The van der Waals surface area contributed by atoms with E-state index in [1.807, 2.05) is 0 Å². The van der Waals surface area contributed by atoms with Gasteiger partial charge in [-0.1, -0.05) is 12.6 Å². The largest absolute Gasteiger partial charge is 0.543 e. The Hall–Kier alpha value is -0.335. The Morgan fingerprint density at radius 1 is 1.44 bits per heavy atom. The zero-order valence-electron chi connectivity index (χ0n) is 5.04. The van der Waals surface area contributed by atoms with Gasteiger partial charge in [-0.25, -0.2) is 0 Å². The second kappa shape index (κ2) is 4.53. The van der Waals surface area contributed by atoms with E-state index in [9.17, 15) is 4.79 Å². The highest BCUT2D eigenvalue weighted by Gasteiger charge is 2.11. The molecule has 0 spiro atoms. The fourth-order valence-corrected chi connectivity index (χ4v) is 0.385. The fraction of sp³-hybridized carbons (Fsp3) is 0.750. The Balaban J connectivity index is 3.64. The van der Waals surface area contributed by atoms with Crippen molar-refractivity contribution in [2.24, 2.45) is 5.92 Å². The van der Waals surface area contributed by atoms with Gasteiger partial charge in [-0.05, 0) is 0 Å². The molecule has 0 rings (SSSR count). The highest BCUT2D eigenvalue weighted by Crippen LogP contribution is 2.06. The molecule has 0 bridgehead atoms. The minimum Gasteiger partial charge on any atom is -0.543 e. The summed E-state index contributed by atoms with van der Waals surface area (Å²) in [5.41, 5.74) is 0. The van der Waals surface area contributed by atoms with Gasteiger partial charge in [-0.2, -0.15) is 0 Å². The normalized spacial score (nSPS) is 9.44. The number of hydrogen-bond donors (Lipinski definition) is 0. The summed E-state index contributed by atoms with van der Waals surface area (Å²) >= 11 is 0. The van der Waals surface area contributed by atoms with Crippen molar-refractivity contribution >= 4 is 29.7 Å². The Labute approximate surface area is 58.6 Å². The van der Waals surface area contributed by atoms with E-state index >= 15 is 0 Å². The molecule has 0 fully saturated rings. The first-order valence-corrected chi connectivity index (χ1v) is 2.57. The summed E-state index contributed by atoms with van der Waals surface area (Å²) in [4.78, 5) is 10.5. The molecule has 0 saturated heterocycles. The third kappa shape index (κ3) is 2.63. The lowest BCUT2D eigenvalue weighted by molar-refractivity contribution is -0.137. The van der Waals surface area contributed by atoms with E-state index in [4.69, 9.17) is 15.7 Å². The second-order valence-corrected chi connectivity index (χ2v) is 1.61. The van der Waals surface area contributed by atoms with E-state index in [2.05, 4.69) is 12.7 Å². The molecular weight excluding hydrogens is 112 g/mol.